The van der Waals surface area contributed by atoms with Crippen molar-refractivity contribution < 1.29 is 4.79 Å². The van der Waals surface area contributed by atoms with Gasteiger partial charge >= 0.3 is 0 Å². The number of halogens is 2. The van der Waals surface area contributed by atoms with Crippen molar-refractivity contribution in [3.05, 3.63) is 68.7 Å². The zero-order valence-corrected chi connectivity index (χ0v) is 13.4. The average Bonchev–Trinajstić information content (AvgIpc) is 3.00. The summed E-state index contributed by atoms with van der Waals surface area (Å²) in [4.78, 5) is 14.6. The van der Waals surface area contributed by atoms with E-state index in [1.165, 1.54) is 0 Å². The second kappa shape index (κ2) is 4.57. The van der Waals surface area contributed by atoms with Gasteiger partial charge in [0.1, 0.15) is 5.66 Å². The first-order valence-corrected chi connectivity index (χ1v) is 7.93. The van der Waals surface area contributed by atoms with E-state index in [0.29, 0.717) is 11.6 Å². The zero-order chi connectivity index (χ0) is 14.6. The van der Waals surface area contributed by atoms with Crippen LogP contribution in [0.5, 0.6) is 0 Å². The van der Waals surface area contributed by atoms with Crippen molar-refractivity contribution in [1.82, 2.24) is 10.2 Å². The highest BCUT2D eigenvalue weighted by molar-refractivity contribution is 9.10. The van der Waals surface area contributed by atoms with Crippen LogP contribution in [0.2, 0.25) is 5.02 Å². The fourth-order valence-electron chi connectivity index (χ4n) is 3.37. The molecule has 3 nitrogen and oxygen atoms in total. The predicted octanol–water partition coefficient (Wildman–Crippen LogP) is 3.36. The van der Waals surface area contributed by atoms with Crippen molar-refractivity contribution >= 4 is 33.4 Å². The number of benzene rings is 2. The van der Waals surface area contributed by atoms with E-state index in [1.54, 1.807) is 0 Å². The molecule has 2 aliphatic rings. The molecule has 2 aliphatic heterocycles. The van der Waals surface area contributed by atoms with E-state index in [1.807, 2.05) is 47.4 Å². The minimum atomic E-state index is -0.558. The van der Waals surface area contributed by atoms with Gasteiger partial charge in [-0.3, -0.25) is 10.1 Å². The van der Waals surface area contributed by atoms with Crippen LogP contribution in [0, 0.1) is 0 Å². The summed E-state index contributed by atoms with van der Waals surface area (Å²) >= 11 is 9.45. The molecule has 21 heavy (non-hydrogen) atoms. The maximum Gasteiger partial charge on any atom is 0.256 e. The molecule has 0 aromatic heterocycles. The lowest BCUT2D eigenvalue weighted by molar-refractivity contribution is 0.0694. The Bertz CT molecular complexity index is 746. The predicted molar refractivity (Wildman–Crippen MR) is 85.4 cm³/mol. The molecule has 4 rings (SSSR count). The van der Waals surface area contributed by atoms with Gasteiger partial charge in [-0.2, -0.15) is 0 Å². The number of rotatable bonds is 1. The van der Waals surface area contributed by atoms with Gasteiger partial charge in [-0.25, -0.2) is 0 Å². The number of hydrogen-bond acceptors (Lipinski definition) is 2. The van der Waals surface area contributed by atoms with Gasteiger partial charge in [0.25, 0.3) is 5.91 Å². The van der Waals surface area contributed by atoms with Crippen molar-refractivity contribution in [2.75, 3.05) is 13.1 Å². The van der Waals surface area contributed by atoms with Crippen LogP contribution in [-0.2, 0) is 5.66 Å². The fraction of sp³-hybridized carbons (Fsp3) is 0.188. The molecule has 1 atom stereocenters. The van der Waals surface area contributed by atoms with Gasteiger partial charge in [0.15, 0.2) is 0 Å². The summed E-state index contributed by atoms with van der Waals surface area (Å²) in [5.41, 5.74) is 2.25. The molecule has 0 aliphatic carbocycles. The first-order chi connectivity index (χ1) is 10.1. The van der Waals surface area contributed by atoms with Crippen molar-refractivity contribution in [2.45, 2.75) is 5.66 Å². The fourth-order valence-corrected chi connectivity index (χ4v) is 3.85. The molecule has 1 N–H and O–H groups in total. The third-order valence-corrected chi connectivity index (χ3v) is 4.98. The summed E-state index contributed by atoms with van der Waals surface area (Å²) < 4.78 is 0.919. The maximum atomic E-state index is 12.7. The lowest BCUT2D eigenvalue weighted by atomic mass is 9.91. The van der Waals surface area contributed by atoms with Crippen LogP contribution in [0.3, 0.4) is 0 Å². The number of nitrogens with one attached hydrogen (secondary N) is 1. The number of fused-ring (bicyclic) bond motifs is 3. The lowest BCUT2D eigenvalue weighted by Crippen LogP contribution is -2.46. The minimum Gasteiger partial charge on any atom is -0.311 e. The zero-order valence-electron chi connectivity index (χ0n) is 11.1. The molecule has 0 bridgehead atoms. The molecule has 0 saturated carbocycles. The largest absolute Gasteiger partial charge is 0.311 e. The number of carbonyl (C=O) groups excluding carboxylic acids is 1. The standard InChI is InChI=1S/C16H12BrClN2O/c17-11-3-6-14-13(9-11)15(21)20-8-7-19-16(14,20)10-1-4-12(18)5-2-10/h1-6,9,19H,7-8H2. The minimum absolute atomic E-state index is 0.0752. The lowest BCUT2D eigenvalue weighted by Gasteiger charge is -2.33. The van der Waals surface area contributed by atoms with Gasteiger partial charge in [0.2, 0.25) is 0 Å². The Morgan fingerprint density at radius 3 is 2.71 bits per heavy atom. The molecule has 0 spiro atoms. The molecule has 1 saturated heterocycles. The Kier molecular flexibility index (Phi) is 2.89. The molecule has 2 aromatic rings. The Labute approximate surface area is 136 Å². The van der Waals surface area contributed by atoms with E-state index >= 15 is 0 Å². The van der Waals surface area contributed by atoms with Crippen LogP contribution >= 0.6 is 27.5 Å². The van der Waals surface area contributed by atoms with Crippen LogP contribution in [0.25, 0.3) is 0 Å². The Morgan fingerprint density at radius 2 is 1.95 bits per heavy atom. The first kappa shape index (κ1) is 13.3. The molecule has 1 amide bonds. The van der Waals surface area contributed by atoms with Gasteiger partial charge in [0, 0.05) is 33.7 Å². The quantitative estimate of drug-likeness (QED) is 0.842. The van der Waals surface area contributed by atoms with Gasteiger partial charge < -0.3 is 4.90 Å². The van der Waals surface area contributed by atoms with E-state index in [0.717, 1.165) is 27.7 Å². The molecule has 2 aromatic carbocycles. The Morgan fingerprint density at radius 1 is 1.19 bits per heavy atom. The van der Waals surface area contributed by atoms with Gasteiger partial charge in [-0.1, -0.05) is 45.7 Å². The smallest absolute Gasteiger partial charge is 0.256 e. The summed E-state index contributed by atoms with van der Waals surface area (Å²) in [6, 6.07) is 13.6. The normalized spacial score (nSPS) is 23.3. The molecular formula is C16H12BrClN2O. The summed E-state index contributed by atoms with van der Waals surface area (Å²) in [5, 5.41) is 4.22. The molecule has 1 fully saturated rings. The number of hydrogen-bond donors (Lipinski definition) is 1. The highest BCUT2D eigenvalue weighted by atomic mass is 79.9. The molecule has 2 heterocycles. The van der Waals surface area contributed by atoms with Crippen molar-refractivity contribution in [2.24, 2.45) is 0 Å². The number of nitrogens with zero attached hydrogens (tertiary/aromatic N) is 1. The first-order valence-electron chi connectivity index (χ1n) is 6.76. The van der Waals surface area contributed by atoms with Gasteiger partial charge in [-0.15, -0.1) is 0 Å². The second-order valence-electron chi connectivity index (χ2n) is 5.29. The van der Waals surface area contributed by atoms with E-state index in [4.69, 9.17) is 11.6 Å². The third-order valence-electron chi connectivity index (χ3n) is 4.23. The van der Waals surface area contributed by atoms with Crippen molar-refractivity contribution in [3.8, 4) is 0 Å². The van der Waals surface area contributed by atoms with E-state index in [-0.39, 0.29) is 5.91 Å². The molecule has 0 radical (unpaired) electrons. The van der Waals surface area contributed by atoms with Crippen molar-refractivity contribution in [1.29, 1.82) is 0 Å². The monoisotopic (exact) mass is 362 g/mol. The molecule has 106 valence electrons. The Hall–Kier alpha value is -1.36. The van der Waals surface area contributed by atoms with Crippen molar-refractivity contribution in [3.63, 3.8) is 0 Å². The SMILES string of the molecule is O=C1c2cc(Br)ccc2C2(c3ccc(Cl)cc3)NCCN12. The molecular weight excluding hydrogens is 352 g/mol. The highest BCUT2D eigenvalue weighted by Gasteiger charge is 2.53. The number of carbonyl (C=O) groups is 1. The van der Waals surface area contributed by atoms with Crippen LogP contribution in [0.15, 0.2) is 46.9 Å². The van der Waals surface area contributed by atoms with E-state index in [2.05, 4.69) is 21.2 Å². The Balaban J connectivity index is 1.98. The van der Waals surface area contributed by atoms with Gasteiger partial charge in [0.05, 0.1) is 0 Å². The molecule has 5 heteroatoms. The van der Waals surface area contributed by atoms with E-state index < -0.39 is 5.66 Å². The second-order valence-corrected chi connectivity index (χ2v) is 6.64. The average molecular weight is 364 g/mol. The highest BCUT2D eigenvalue weighted by Crippen LogP contribution is 2.45. The summed E-state index contributed by atoms with van der Waals surface area (Å²) in [6.45, 7) is 1.48. The van der Waals surface area contributed by atoms with Crippen LogP contribution in [-0.4, -0.2) is 23.9 Å². The maximum absolute atomic E-state index is 12.7. The summed E-state index contributed by atoms with van der Waals surface area (Å²) in [5.74, 6) is 0.0752. The molecule has 1 unspecified atom stereocenters. The summed E-state index contributed by atoms with van der Waals surface area (Å²) in [6.07, 6.45) is 0. The topological polar surface area (TPSA) is 32.3 Å². The third kappa shape index (κ3) is 1.73. The van der Waals surface area contributed by atoms with Crippen LogP contribution < -0.4 is 5.32 Å². The van der Waals surface area contributed by atoms with E-state index in [9.17, 15) is 4.79 Å². The summed E-state index contributed by atoms with van der Waals surface area (Å²) in [7, 11) is 0. The van der Waals surface area contributed by atoms with Crippen LogP contribution in [0.1, 0.15) is 21.5 Å². The van der Waals surface area contributed by atoms with Gasteiger partial charge in [-0.05, 0) is 29.8 Å². The number of amides is 1. The van der Waals surface area contributed by atoms with Crippen LogP contribution in [0.4, 0.5) is 0 Å².